The Morgan fingerprint density at radius 3 is 2.61 bits per heavy atom. The van der Waals surface area contributed by atoms with E-state index in [9.17, 15) is 4.79 Å². The second-order valence-electron chi connectivity index (χ2n) is 4.96. The number of hydrogen-bond acceptors (Lipinski definition) is 4. The molecule has 0 amide bonds. The van der Waals surface area contributed by atoms with E-state index in [0.29, 0.717) is 11.5 Å². The van der Waals surface area contributed by atoms with E-state index >= 15 is 0 Å². The zero-order valence-corrected chi connectivity index (χ0v) is 15.8. The number of thiocarbonyl (C=S) groups is 1. The molecule has 2 N–H and O–H groups in total. The molecule has 126 valence electrons. The molecule has 5 nitrogen and oxygen atoms in total. The number of ether oxygens (including phenoxy) is 1. The molecule has 7 heteroatoms. The van der Waals surface area contributed by atoms with Crippen LogP contribution in [-0.2, 0) is 9.53 Å². The number of halogens is 1. The molecule has 0 saturated heterocycles. The van der Waals surface area contributed by atoms with E-state index in [0.717, 1.165) is 41.6 Å². The Kier molecular flexibility index (Phi) is 9.47. The van der Waals surface area contributed by atoms with Crippen LogP contribution in [-0.4, -0.2) is 30.4 Å². The Morgan fingerprint density at radius 2 is 1.96 bits per heavy atom. The van der Waals surface area contributed by atoms with E-state index in [-0.39, 0.29) is 5.97 Å². The van der Waals surface area contributed by atoms with E-state index in [1.54, 1.807) is 0 Å². The molecule has 1 rings (SSSR count). The Bertz CT molecular complexity index is 547. The van der Waals surface area contributed by atoms with Crippen LogP contribution in [0.2, 0.25) is 0 Å². The molecule has 0 unspecified atom stereocenters. The lowest BCUT2D eigenvalue weighted by Gasteiger charge is -2.08. The maximum Gasteiger partial charge on any atom is 0.305 e. The molecule has 0 heterocycles. The van der Waals surface area contributed by atoms with Crippen molar-refractivity contribution < 1.29 is 9.53 Å². The maximum atomic E-state index is 11.0. The van der Waals surface area contributed by atoms with E-state index in [1.165, 1.54) is 7.11 Å². The van der Waals surface area contributed by atoms with Crippen LogP contribution in [0.4, 0.5) is 0 Å². The minimum atomic E-state index is -0.159. The molecule has 0 aliphatic heterocycles. The predicted molar refractivity (Wildman–Crippen MR) is 101 cm³/mol. The third kappa shape index (κ3) is 8.66. The highest BCUT2D eigenvalue weighted by molar-refractivity contribution is 9.10. The summed E-state index contributed by atoms with van der Waals surface area (Å²) in [4.78, 5) is 11.0. The zero-order chi connectivity index (χ0) is 17.1. The summed E-state index contributed by atoms with van der Waals surface area (Å²) in [7, 11) is 1.41. The normalized spacial score (nSPS) is 11.0. The summed E-state index contributed by atoms with van der Waals surface area (Å²) in [6, 6.07) is 7.92. The number of nitrogens with zero attached hydrogens (tertiary/aromatic N) is 1. The number of benzene rings is 1. The molecule has 0 aliphatic rings. The summed E-state index contributed by atoms with van der Waals surface area (Å²) >= 11 is 8.57. The first-order valence-corrected chi connectivity index (χ1v) is 8.64. The van der Waals surface area contributed by atoms with E-state index in [4.69, 9.17) is 12.2 Å². The van der Waals surface area contributed by atoms with Gasteiger partial charge in [0.15, 0.2) is 5.11 Å². The minimum absolute atomic E-state index is 0.159. The molecule has 0 atom stereocenters. The van der Waals surface area contributed by atoms with Crippen LogP contribution in [0.5, 0.6) is 0 Å². The highest BCUT2D eigenvalue weighted by Crippen LogP contribution is 2.10. The van der Waals surface area contributed by atoms with Crippen LogP contribution in [0, 0.1) is 0 Å². The highest BCUT2D eigenvalue weighted by Gasteiger charge is 2.00. The molecule has 1 aromatic carbocycles. The Morgan fingerprint density at radius 1 is 1.26 bits per heavy atom. The fourth-order valence-electron chi connectivity index (χ4n) is 1.80. The van der Waals surface area contributed by atoms with E-state index < -0.39 is 0 Å². The number of unbranched alkanes of at least 4 members (excludes halogenated alkanes) is 2. The van der Waals surface area contributed by atoms with Gasteiger partial charge in [0.1, 0.15) is 0 Å². The van der Waals surface area contributed by atoms with Gasteiger partial charge in [0, 0.05) is 17.4 Å². The number of hydrogen-bond donors (Lipinski definition) is 2. The zero-order valence-electron chi connectivity index (χ0n) is 13.4. The summed E-state index contributed by atoms with van der Waals surface area (Å²) in [5, 5.41) is 7.84. The van der Waals surface area contributed by atoms with Crippen molar-refractivity contribution in [2.75, 3.05) is 13.7 Å². The largest absolute Gasteiger partial charge is 0.469 e. The number of carbonyl (C=O) groups is 1. The number of hydrazone groups is 1. The number of nitrogens with one attached hydrogen (secondary N) is 2. The lowest BCUT2D eigenvalue weighted by molar-refractivity contribution is -0.140. The van der Waals surface area contributed by atoms with Crippen LogP contribution in [0.15, 0.2) is 33.8 Å². The Hall–Kier alpha value is -1.47. The van der Waals surface area contributed by atoms with Crippen molar-refractivity contribution in [1.82, 2.24) is 10.7 Å². The van der Waals surface area contributed by atoms with Crippen LogP contribution in [0.25, 0.3) is 0 Å². The molecule has 0 radical (unpaired) electrons. The van der Waals surface area contributed by atoms with Crippen molar-refractivity contribution >= 4 is 44.9 Å². The summed E-state index contributed by atoms with van der Waals surface area (Å²) in [5.41, 5.74) is 4.73. The SMILES string of the molecule is COC(=O)CCCCCNC(=S)N/N=C(/C)c1ccc(Br)cc1. The summed E-state index contributed by atoms with van der Waals surface area (Å²) in [6.07, 6.45) is 3.19. The quantitative estimate of drug-likeness (QED) is 0.230. The second kappa shape index (κ2) is 11.1. The van der Waals surface area contributed by atoms with Gasteiger partial charge in [-0.2, -0.15) is 5.10 Å². The van der Waals surface area contributed by atoms with Crippen molar-refractivity contribution in [2.24, 2.45) is 5.10 Å². The third-order valence-electron chi connectivity index (χ3n) is 3.16. The van der Waals surface area contributed by atoms with Crippen LogP contribution in [0.3, 0.4) is 0 Å². The summed E-state index contributed by atoms with van der Waals surface area (Å²) < 4.78 is 5.62. The average Bonchev–Trinajstić information content (AvgIpc) is 2.56. The van der Waals surface area contributed by atoms with Gasteiger partial charge in [-0.25, -0.2) is 0 Å². The first-order chi connectivity index (χ1) is 11.0. The van der Waals surface area contributed by atoms with Gasteiger partial charge in [-0.15, -0.1) is 0 Å². The minimum Gasteiger partial charge on any atom is -0.469 e. The average molecular weight is 400 g/mol. The lowest BCUT2D eigenvalue weighted by atomic mass is 10.1. The van der Waals surface area contributed by atoms with Crippen molar-refractivity contribution in [2.45, 2.75) is 32.6 Å². The van der Waals surface area contributed by atoms with Gasteiger partial charge in [-0.05, 0) is 49.7 Å². The fourth-order valence-corrected chi connectivity index (χ4v) is 2.22. The van der Waals surface area contributed by atoms with E-state index in [1.807, 2.05) is 31.2 Å². The molecular formula is C16H22BrN3O2S. The van der Waals surface area contributed by atoms with Crippen LogP contribution < -0.4 is 10.7 Å². The van der Waals surface area contributed by atoms with Crippen LogP contribution >= 0.6 is 28.1 Å². The fraction of sp³-hybridized carbons (Fsp3) is 0.438. The number of esters is 1. The van der Waals surface area contributed by atoms with Crippen LogP contribution in [0.1, 0.15) is 38.2 Å². The van der Waals surface area contributed by atoms with Gasteiger partial charge in [0.2, 0.25) is 0 Å². The molecule has 0 saturated carbocycles. The highest BCUT2D eigenvalue weighted by atomic mass is 79.9. The Balaban J connectivity index is 2.20. The number of carbonyl (C=O) groups excluding carboxylic acids is 1. The first kappa shape index (κ1) is 19.6. The predicted octanol–water partition coefficient (Wildman–Crippen LogP) is 3.37. The van der Waals surface area contributed by atoms with Crippen molar-refractivity contribution in [1.29, 1.82) is 0 Å². The van der Waals surface area contributed by atoms with Gasteiger partial charge in [-0.3, -0.25) is 10.2 Å². The molecule has 0 fully saturated rings. The molecule has 23 heavy (non-hydrogen) atoms. The van der Waals surface area contributed by atoms with Gasteiger partial charge >= 0.3 is 5.97 Å². The van der Waals surface area contributed by atoms with Gasteiger partial charge in [0.05, 0.1) is 12.8 Å². The molecule has 0 bridgehead atoms. The standard InChI is InChI=1S/C16H22BrN3O2S/c1-12(13-7-9-14(17)10-8-13)19-20-16(23)18-11-5-3-4-6-15(21)22-2/h7-10H,3-6,11H2,1-2H3,(H2,18,20,23)/b19-12-. The van der Waals surface area contributed by atoms with Crippen molar-refractivity contribution in [3.05, 3.63) is 34.3 Å². The summed E-state index contributed by atoms with van der Waals surface area (Å²) in [5.74, 6) is -0.159. The molecule has 0 aliphatic carbocycles. The smallest absolute Gasteiger partial charge is 0.305 e. The first-order valence-electron chi connectivity index (χ1n) is 7.44. The molecular weight excluding hydrogens is 378 g/mol. The van der Waals surface area contributed by atoms with Crippen molar-refractivity contribution in [3.8, 4) is 0 Å². The van der Waals surface area contributed by atoms with Gasteiger partial charge in [0.25, 0.3) is 0 Å². The topological polar surface area (TPSA) is 62.7 Å². The van der Waals surface area contributed by atoms with Crippen molar-refractivity contribution in [3.63, 3.8) is 0 Å². The summed E-state index contributed by atoms with van der Waals surface area (Å²) in [6.45, 7) is 2.67. The van der Waals surface area contributed by atoms with E-state index in [2.05, 4.69) is 36.5 Å². The molecule has 0 aromatic heterocycles. The third-order valence-corrected chi connectivity index (χ3v) is 3.92. The van der Waals surface area contributed by atoms with Gasteiger partial charge < -0.3 is 10.1 Å². The molecule has 0 spiro atoms. The maximum absolute atomic E-state index is 11.0. The second-order valence-corrected chi connectivity index (χ2v) is 6.28. The lowest BCUT2D eigenvalue weighted by Crippen LogP contribution is -2.33. The number of methoxy groups -OCH3 is 1. The van der Waals surface area contributed by atoms with Gasteiger partial charge in [-0.1, -0.05) is 34.5 Å². The number of rotatable bonds is 8. The molecule has 1 aromatic rings. The monoisotopic (exact) mass is 399 g/mol. The Labute approximate surface area is 151 Å².